The molecule has 3 aromatic rings. The number of phenols is 1. The summed E-state index contributed by atoms with van der Waals surface area (Å²) in [6.07, 6.45) is 2.39. The van der Waals surface area contributed by atoms with Crippen LogP contribution in [-0.4, -0.2) is 38.4 Å². The number of aromatic hydroxyl groups is 1. The molecule has 0 saturated heterocycles. The highest BCUT2D eigenvalue weighted by atomic mass is 32.2. The van der Waals surface area contributed by atoms with Crippen LogP contribution < -0.4 is 9.73 Å². The fraction of sp³-hybridized carbons (Fsp3) is 0.182. The number of carbonyl (C=O) groups is 1. The number of aryl methyl sites for hydroxylation is 2. The lowest BCUT2D eigenvalue weighted by atomic mass is 10.0. The van der Waals surface area contributed by atoms with Crippen LogP contribution in [0.5, 0.6) is 5.75 Å². The van der Waals surface area contributed by atoms with E-state index in [1.807, 2.05) is 44.2 Å². The summed E-state index contributed by atoms with van der Waals surface area (Å²) in [4.78, 5) is 12.4. The van der Waals surface area contributed by atoms with Crippen molar-refractivity contribution in [1.82, 2.24) is 5.43 Å². The van der Waals surface area contributed by atoms with Crippen LogP contribution in [0.25, 0.3) is 10.8 Å². The second-order valence-corrected chi connectivity index (χ2v) is 8.96. The predicted molar refractivity (Wildman–Crippen MR) is 119 cm³/mol. The molecule has 30 heavy (non-hydrogen) atoms. The average molecular weight is 426 g/mol. The van der Waals surface area contributed by atoms with Crippen LogP contribution in [0.1, 0.15) is 16.7 Å². The standard InChI is InChI=1S/C22H23N3O4S/c1-15-8-10-18(12-16(15)2)25(30(3,28)29)14-22(27)24-23-13-20-19-7-5-4-6-17(19)9-11-21(20)26/h4-13,26H,14H2,1-3H3,(H,24,27)/b23-13-. The molecular formula is C22H23N3O4S. The maximum Gasteiger partial charge on any atom is 0.260 e. The number of fused-ring (bicyclic) bond motifs is 1. The van der Waals surface area contributed by atoms with Crippen molar-refractivity contribution in [3.8, 4) is 5.75 Å². The highest BCUT2D eigenvalue weighted by Crippen LogP contribution is 2.25. The Hall–Kier alpha value is -3.39. The van der Waals surface area contributed by atoms with E-state index < -0.39 is 22.5 Å². The van der Waals surface area contributed by atoms with Crippen LogP contribution in [0, 0.1) is 13.8 Å². The molecule has 0 aromatic heterocycles. The molecule has 0 unspecified atom stereocenters. The molecule has 0 saturated carbocycles. The molecule has 0 bridgehead atoms. The van der Waals surface area contributed by atoms with Crippen LogP contribution >= 0.6 is 0 Å². The van der Waals surface area contributed by atoms with E-state index in [2.05, 4.69) is 10.5 Å². The van der Waals surface area contributed by atoms with E-state index in [1.54, 1.807) is 24.3 Å². The molecule has 0 radical (unpaired) electrons. The molecule has 3 aromatic carbocycles. The lowest BCUT2D eigenvalue weighted by Crippen LogP contribution is -2.39. The number of sulfonamides is 1. The number of carbonyl (C=O) groups excluding carboxylic acids is 1. The molecule has 0 spiro atoms. The zero-order valence-corrected chi connectivity index (χ0v) is 17.8. The molecule has 0 atom stereocenters. The summed E-state index contributed by atoms with van der Waals surface area (Å²) in [6.45, 7) is 3.38. The van der Waals surface area contributed by atoms with E-state index in [4.69, 9.17) is 0 Å². The van der Waals surface area contributed by atoms with Gasteiger partial charge in [0, 0.05) is 5.56 Å². The quantitative estimate of drug-likeness (QED) is 0.468. The Morgan fingerprint density at radius 1 is 1.10 bits per heavy atom. The average Bonchev–Trinajstić information content (AvgIpc) is 2.69. The third-order valence-corrected chi connectivity index (χ3v) is 5.94. The van der Waals surface area contributed by atoms with Gasteiger partial charge >= 0.3 is 0 Å². The minimum absolute atomic E-state index is 0.0274. The fourth-order valence-electron chi connectivity index (χ4n) is 3.04. The van der Waals surface area contributed by atoms with Crippen molar-refractivity contribution in [2.75, 3.05) is 17.1 Å². The number of anilines is 1. The summed E-state index contributed by atoms with van der Waals surface area (Å²) in [6, 6.07) is 16.0. The Labute approximate surface area is 175 Å². The number of benzene rings is 3. The van der Waals surface area contributed by atoms with Gasteiger partial charge < -0.3 is 5.11 Å². The summed E-state index contributed by atoms with van der Waals surface area (Å²) in [7, 11) is -3.67. The predicted octanol–water partition coefficient (Wildman–Crippen LogP) is 3.08. The van der Waals surface area contributed by atoms with Crippen molar-refractivity contribution in [3.63, 3.8) is 0 Å². The van der Waals surface area contributed by atoms with Crippen LogP contribution in [0.4, 0.5) is 5.69 Å². The number of rotatable bonds is 6. The Balaban J connectivity index is 1.78. The molecule has 0 heterocycles. The number of amides is 1. The number of nitrogens with one attached hydrogen (secondary N) is 1. The first-order valence-corrected chi connectivity index (χ1v) is 11.1. The number of nitrogens with zero attached hydrogens (tertiary/aromatic N) is 2. The lowest BCUT2D eigenvalue weighted by molar-refractivity contribution is -0.119. The molecule has 156 valence electrons. The Morgan fingerprint density at radius 2 is 1.83 bits per heavy atom. The molecule has 8 heteroatoms. The van der Waals surface area contributed by atoms with Crippen LogP contribution in [0.3, 0.4) is 0 Å². The molecular weight excluding hydrogens is 402 g/mol. The van der Waals surface area contributed by atoms with Crippen LogP contribution in [0.15, 0.2) is 59.7 Å². The summed E-state index contributed by atoms with van der Waals surface area (Å²) in [5, 5.41) is 15.7. The SMILES string of the molecule is Cc1ccc(N(CC(=O)N/N=C\c2c(O)ccc3ccccc23)S(C)(=O)=O)cc1C. The van der Waals surface area contributed by atoms with Gasteiger partial charge in [-0.05, 0) is 53.9 Å². The maximum atomic E-state index is 12.4. The maximum absolute atomic E-state index is 12.4. The first-order chi connectivity index (χ1) is 14.2. The fourth-order valence-corrected chi connectivity index (χ4v) is 3.88. The smallest absolute Gasteiger partial charge is 0.260 e. The molecule has 3 rings (SSSR count). The van der Waals surface area contributed by atoms with Crippen LogP contribution in [0.2, 0.25) is 0 Å². The zero-order valence-electron chi connectivity index (χ0n) is 17.0. The summed E-state index contributed by atoms with van der Waals surface area (Å²) in [5.41, 5.74) is 5.15. The second-order valence-electron chi connectivity index (χ2n) is 7.05. The number of hydrogen-bond donors (Lipinski definition) is 2. The topological polar surface area (TPSA) is 99.1 Å². The number of hydrazone groups is 1. The first-order valence-electron chi connectivity index (χ1n) is 9.24. The van der Waals surface area contributed by atoms with Gasteiger partial charge in [-0.3, -0.25) is 9.10 Å². The number of hydrogen-bond acceptors (Lipinski definition) is 5. The molecule has 0 aliphatic heterocycles. The minimum Gasteiger partial charge on any atom is -0.507 e. The monoisotopic (exact) mass is 425 g/mol. The van der Waals surface area contributed by atoms with Crippen molar-refractivity contribution in [2.45, 2.75) is 13.8 Å². The highest BCUT2D eigenvalue weighted by molar-refractivity contribution is 7.92. The van der Waals surface area contributed by atoms with Gasteiger partial charge in [-0.15, -0.1) is 0 Å². The van der Waals surface area contributed by atoms with Gasteiger partial charge in [0.1, 0.15) is 12.3 Å². The van der Waals surface area contributed by atoms with E-state index in [9.17, 15) is 18.3 Å². The van der Waals surface area contributed by atoms with E-state index >= 15 is 0 Å². The molecule has 0 fully saturated rings. The van der Waals surface area contributed by atoms with Gasteiger partial charge in [0.25, 0.3) is 5.91 Å². The summed E-state index contributed by atoms with van der Waals surface area (Å²) < 4.78 is 25.5. The molecule has 0 aliphatic rings. The summed E-state index contributed by atoms with van der Waals surface area (Å²) >= 11 is 0. The lowest BCUT2D eigenvalue weighted by Gasteiger charge is -2.22. The molecule has 1 amide bonds. The van der Waals surface area contributed by atoms with Gasteiger partial charge in [0.05, 0.1) is 18.2 Å². The van der Waals surface area contributed by atoms with Crippen LogP contribution in [-0.2, 0) is 14.8 Å². The van der Waals surface area contributed by atoms with Gasteiger partial charge in [-0.2, -0.15) is 5.10 Å². The third-order valence-electron chi connectivity index (χ3n) is 4.80. The van der Waals surface area contributed by atoms with Crippen molar-refractivity contribution in [2.24, 2.45) is 5.10 Å². The Kier molecular flexibility index (Phi) is 6.07. The zero-order chi connectivity index (χ0) is 21.9. The third kappa shape index (κ3) is 4.77. The Bertz CT molecular complexity index is 1240. The van der Waals surface area contributed by atoms with Crippen molar-refractivity contribution < 1.29 is 18.3 Å². The Morgan fingerprint density at radius 3 is 2.53 bits per heavy atom. The number of phenolic OH excluding ortho intramolecular Hbond substituents is 1. The summed E-state index contributed by atoms with van der Waals surface area (Å²) in [5.74, 6) is -0.575. The highest BCUT2D eigenvalue weighted by Gasteiger charge is 2.21. The van der Waals surface area contributed by atoms with Crippen molar-refractivity contribution >= 4 is 38.6 Å². The molecule has 0 aliphatic carbocycles. The normalized spacial score (nSPS) is 11.7. The minimum atomic E-state index is -3.67. The molecule has 7 nitrogen and oxygen atoms in total. The van der Waals surface area contributed by atoms with E-state index in [1.165, 1.54) is 6.21 Å². The van der Waals surface area contributed by atoms with Crippen molar-refractivity contribution in [1.29, 1.82) is 0 Å². The van der Waals surface area contributed by atoms with E-state index in [0.717, 1.165) is 32.5 Å². The van der Waals surface area contributed by atoms with Crippen molar-refractivity contribution in [3.05, 3.63) is 71.3 Å². The van der Waals surface area contributed by atoms with Gasteiger partial charge in [0.2, 0.25) is 10.0 Å². The second kappa shape index (κ2) is 8.54. The first kappa shape index (κ1) is 21.3. The largest absolute Gasteiger partial charge is 0.507 e. The molecule has 2 N–H and O–H groups in total. The van der Waals surface area contributed by atoms with Gasteiger partial charge in [0.15, 0.2) is 0 Å². The van der Waals surface area contributed by atoms with Gasteiger partial charge in [-0.1, -0.05) is 36.4 Å². The van der Waals surface area contributed by atoms with E-state index in [-0.39, 0.29) is 5.75 Å². The van der Waals surface area contributed by atoms with E-state index in [0.29, 0.717) is 11.3 Å². The van der Waals surface area contributed by atoms with Gasteiger partial charge in [-0.25, -0.2) is 13.8 Å².